The molecule has 0 aliphatic carbocycles. The topological polar surface area (TPSA) is 101 Å². The van der Waals surface area contributed by atoms with Crippen LogP contribution in [0.2, 0.25) is 0 Å². The fourth-order valence-corrected chi connectivity index (χ4v) is 2.43. The van der Waals surface area contributed by atoms with E-state index < -0.39 is 16.7 Å². The van der Waals surface area contributed by atoms with Gasteiger partial charge in [-0.15, -0.1) is 0 Å². The van der Waals surface area contributed by atoms with Crippen LogP contribution in [-0.2, 0) is 4.79 Å². The molecular weight excluding hydrogens is 358 g/mol. The first-order valence-electron chi connectivity index (χ1n) is 9.03. The summed E-state index contributed by atoms with van der Waals surface area (Å²) in [6.45, 7) is 4.39. The van der Waals surface area contributed by atoms with E-state index in [-0.39, 0.29) is 11.4 Å². The lowest BCUT2D eigenvalue weighted by Gasteiger charge is -2.11. The van der Waals surface area contributed by atoms with Gasteiger partial charge in [0.1, 0.15) is 5.70 Å². The van der Waals surface area contributed by atoms with E-state index in [1.807, 2.05) is 13.8 Å². The number of rotatable bonds is 8. The Morgan fingerprint density at radius 2 is 1.86 bits per heavy atom. The predicted molar refractivity (Wildman–Crippen MR) is 108 cm³/mol. The lowest BCUT2D eigenvalue weighted by molar-refractivity contribution is -0.384. The Morgan fingerprint density at radius 1 is 1.14 bits per heavy atom. The number of amides is 2. The lowest BCUT2D eigenvalue weighted by atomic mass is 10.1. The summed E-state index contributed by atoms with van der Waals surface area (Å²) in [4.78, 5) is 35.5. The van der Waals surface area contributed by atoms with E-state index in [4.69, 9.17) is 0 Å². The van der Waals surface area contributed by atoms with Gasteiger partial charge in [-0.25, -0.2) is 0 Å². The van der Waals surface area contributed by atoms with Crippen LogP contribution in [0.15, 0.2) is 54.2 Å². The highest BCUT2D eigenvalue weighted by Gasteiger charge is 2.15. The van der Waals surface area contributed by atoms with Crippen molar-refractivity contribution in [1.29, 1.82) is 0 Å². The molecule has 0 saturated carbocycles. The van der Waals surface area contributed by atoms with Crippen LogP contribution in [-0.4, -0.2) is 23.3 Å². The smallest absolute Gasteiger partial charge is 0.270 e. The average Bonchev–Trinajstić information content (AvgIpc) is 2.68. The molecule has 2 rings (SSSR count). The van der Waals surface area contributed by atoms with Gasteiger partial charge >= 0.3 is 0 Å². The zero-order valence-corrected chi connectivity index (χ0v) is 15.9. The Balaban J connectivity index is 2.29. The van der Waals surface area contributed by atoms with E-state index in [0.29, 0.717) is 17.7 Å². The Kier molecular flexibility index (Phi) is 7.45. The molecule has 7 nitrogen and oxygen atoms in total. The third kappa shape index (κ3) is 6.05. The Morgan fingerprint density at radius 3 is 2.50 bits per heavy atom. The highest BCUT2D eigenvalue weighted by Crippen LogP contribution is 2.15. The van der Waals surface area contributed by atoms with E-state index in [1.165, 1.54) is 24.3 Å². The van der Waals surface area contributed by atoms with Gasteiger partial charge in [0.25, 0.3) is 17.5 Å². The number of nitro benzene ring substituents is 1. The molecule has 0 spiro atoms. The standard InChI is InChI=1S/C21H23N3O4/c1-3-4-12-22-21(26)19(14-16-6-5-7-18(13-16)24(27)28)23-20(25)17-10-8-15(2)9-11-17/h5-11,13-14H,3-4,12H2,1-2H3,(H,22,26)(H,23,25). The molecule has 0 atom stereocenters. The first kappa shape index (κ1) is 20.8. The maximum absolute atomic E-state index is 12.5. The van der Waals surface area contributed by atoms with Gasteiger partial charge in [-0.3, -0.25) is 19.7 Å². The zero-order chi connectivity index (χ0) is 20.5. The van der Waals surface area contributed by atoms with E-state index in [9.17, 15) is 19.7 Å². The van der Waals surface area contributed by atoms with Gasteiger partial charge < -0.3 is 10.6 Å². The normalized spacial score (nSPS) is 11.0. The molecule has 0 radical (unpaired) electrons. The molecule has 146 valence electrons. The van der Waals surface area contributed by atoms with Gasteiger partial charge in [-0.2, -0.15) is 0 Å². The predicted octanol–water partition coefficient (Wildman–Crippen LogP) is 3.59. The summed E-state index contributed by atoms with van der Waals surface area (Å²) in [5.74, 6) is -0.872. The molecule has 0 heterocycles. The molecule has 2 amide bonds. The minimum atomic E-state index is -0.511. The van der Waals surface area contributed by atoms with Gasteiger partial charge in [0.15, 0.2) is 0 Å². The average molecular weight is 381 g/mol. The third-order valence-corrected chi connectivity index (χ3v) is 4.01. The molecule has 0 aliphatic heterocycles. The second-order valence-corrected chi connectivity index (χ2v) is 6.34. The zero-order valence-electron chi connectivity index (χ0n) is 15.9. The number of hydrogen-bond donors (Lipinski definition) is 2. The van der Waals surface area contributed by atoms with E-state index in [2.05, 4.69) is 10.6 Å². The first-order chi connectivity index (χ1) is 13.4. The van der Waals surface area contributed by atoms with Crippen molar-refractivity contribution in [2.24, 2.45) is 0 Å². The number of carbonyl (C=O) groups excluding carboxylic acids is 2. The summed E-state index contributed by atoms with van der Waals surface area (Å²) < 4.78 is 0. The largest absolute Gasteiger partial charge is 0.351 e. The van der Waals surface area contributed by atoms with Crippen molar-refractivity contribution in [2.75, 3.05) is 6.54 Å². The molecule has 0 aliphatic rings. The molecule has 2 N–H and O–H groups in total. The first-order valence-corrected chi connectivity index (χ1v) is 9.03. The quantitative estimate of drug-likeness (QED) is 0.316. The van der Waals surface area contributed by atoms with E-state index in [1.54, 1.807) is 30.3 Å². The number of non-ortho nitro benzene ring substituents is 1. The Hall–Kier alpha value is -3.48. The van der Waals surface area contributed by atoms with Crippen molar-refractivity contribution in [3.63, 3.8) is 0 Å². The van der Waals surface area contributed by atoms with Crippen LogP contribution in [0, 0.1) is 17.0 Å². The van der Waals surface area contributed by atoms with E-state index in [0.717, 1.165) is 18.4 Å². The Bertz CT molecular complexity index is 889. The number of aryl methyl sites for hydroxylation is 1. The van der Waals surface area contributed by atoms with Gasteiger partial charge in [0.2, 0.25) is 0 Å². The molecule has 0 fully saturated rings. The van der Waals surface area contributed by atoms with Crippen LogP contribution >= 0.6 is 0 Å². The summed E-state index contributed by atoms with van der Waals surface area (Å²) in [6.07, 6.45) is 3.15. The molecule has 2 aromatic rings. The molecule has 2 aromatic carbocycles. The Labute approximate surface area is 163 Å². The number of nitrogens with one attached hydrogen (secondary N) is 2. The molecule has 0 aromatic heterocycles. The van der Waals surface area contributed by atoms with Gasteiger partial charge in [0.05, 0.1) is 4.92 Å². The summed E-state index contributed by atoms with van der Waals surface area (Å²) in [7, 11) is 0. The number of carbonyl (C=O) groups is 2. The fraction of sp³-hybridized carbons (Fsp3) is 0.238. The SMILES string of the molecule is CCCCNC(=O)C(=Cc1cccc([N+](=O)[O-])c1)NC(=O)c1ccc(C)cc1. The number of nitrogens with zero attached hydrogens (tertiary/aromatic N) is 1. The second-order valence-electron chi connectivity index (χ2n) is 6.34. The van der Waals surface area contributed by atoms with Crippen molar-refractivity contribution in [3.8, 4) is 0 Å². The number of hydrogen-bond acceptors (Lipinski definition) is 4. The molecule has 0 saturated heterocycles. The van der Waals surface area contributed by atoms with Gasteiger partial charge in [-0.1, -0.05) is 43.2 Å². The second kappa shape index (κ2) is 10.0. The fourth-order valence-electron chi connectivity index (χ4n) is 2.43. The maximum Gasteiger partial charge on any atom is 0.270 e. The van der Waals surface area contributed by atoms with Crippen LogP contribution in [0.25, 0.3) is 6.08 Å². The van der Waals surface area contributed by atoms with Crippen LogP contribution in [0.1, 0.15) is 41.3 Å². The van der Waals surface area contributed by atoms with Gasteiger partial charge in [-0.05, 0) is 37.1 Å². The van der Waals surface area contributed by atoms with Crippen LogP contribution in [0.4, 0.5) is 5.69 Å². The number of unbranched alkanes of at least 4 members (excludes halogenated alkanes) is 1. The molecule has 0 bridgehead atoms. The van der Waals surface area contributed by atoms with Crippen molar-refractivity contribution < 1.29 is 14.5 Å². The molecule has 0 unspecified atom stereocenters. The third-order valence-electron chi connectivity index (χ3n) is 4.01. The summed E-state index contributed by atoms with van der Waals surface area (Å²) in [5.41, 5.74) is 1.81. The van der Waals surface area contributed by atoms with Crippen LogP contribution < -0.4 is 10.6 Å². The highest BCUT2D eigenvalue weighted by atomic mass is 16.6. The summed E-state index contributed by atoms with van der Waals surface area (Å²) in [6, 6.07) is 12.8. The monoisotopic (exact) mass is 381 g/mol. The maximum atomic E-state index is 12.5. The van der Waals surface area contributed by atoms with E-state index >= 15 is 0 Å². The molecule has 7 heteroatoms. The minimum Gasteiger partial charge on any atom is -0.351 e. The van der Waals surface area contributed by atoms with Crippen LogP contribution in [0.3, 0.4) is 0 Å². The van der Waals surface area contributed by atoms with Crippen molar-refractivity contribution >= 4 is 23.6 Å². The minimum absolute atomic E-state index is 0.0298. The molecular formula is C21H23N3O4. The van der Waals surface area contributed by atoms with Gasteiger partial charge in [0, 0.05) is 24.2 Å². The summed E-state index contributed by atoms with van der Waals surface area (Å²) >= 11 is 0. The number of nitro groups is 1. The molecule has 28 heavy (non-hydrogen) atoms. The van der Waals surface area contributed by atoms with Crippen molar-refractivity contribution in [2.45, 2.75) is 26.7 Å². The summed E-state index contributed by atoms with van der Waals surface area (Å²) in [5, 5.41) is 16.3. The van der Waals surface area contributed by atoms with Crippen molar-refractivity contribution in [3.05, 3.63) is 81.0 Å². The van der Waals surface area contributed by atoms with Crippen LogP contribution in [0.5, 0.6) is 0 Å². The lowest BCUT2D eigenvalue weighted by Crippen LogP contribution is -2.35. The van der Waals surface area contributed by atoms with Crippen molar-refractivity contribution in [1.82, 2.24) is 10.6 Å². The highest BCUT2D eigenvalue weighted by molar-refractivity contribution is 6.05. The number of benzene rings is 2.